The minimum absolute atomic E-state index is 0.205. The van der Waals surface area contributed by atoms with Crippen LogP contribution < -0.4 is 25.8 Å². The number of hydrogen-bond donors (Lipinski definition) is 3. The third-order valence-electron chi connectivity index (χ3n) is 4.93. The van der Waals surface area contributed by atoms with Gasteiger partial charge in [0.2, 0.25) is 0 Å². The van der Waals surface area contributed by atoms with Gasteiger partial charge in [0.1, 0.15) is 12.1 Å². The van der Waals surface area contributed by atoms with E-state index < -0.39 is 0 Å². The summed E-state index contributed by atoms with van der Waals surface area (Å²) in [6.07, 6.45) is 1.48. The van der Waals surface area contributed by atoms with Crippen molar-refractivity contribution in [2.24, 2.45) is 0 Å². The first-order chi connectivity index (χ1) is 16.1. The third kappa shape index (κ3) is 5.01. The van der Waals surface area contributed by atoms with Gasteiger partial charge in [-0.25, -0.2) is 9.97 Å². The highest BCUT2D eigenvalue weighted by Crippen LogP contribution is 2.37. The predicted octanol–water partition coefficient (Wildman–Crippen LogP) is 4.74. The van der Waals surface area contributed by atoms with Crippen molar-refractivity contribution in [1.29, 1.82) is 0 Å². The minimum Gasteiger partial charge on any atom is -0.493 e. The van der Waals surface area contributed by atoms with Gasteiger partial charge in [-0.1, -0.05) is 6.07 Å². The van der Waals surface area contributed by atoms with E-state index in [4.69, 9.17) is 15.2 Å². The molecule has 0 bridgehead atoms. The highest BCUT2D eigenvalue weighted by molar-refractivity contribution is 6.04. The zero-order chi connectivity index (χ0) is 23.2. The molecule has 4 rings (SSSR count). The van der Waals surface area contributed by atoms with Crippen molar-refractivity contribution < 1.29 is 14.3 Å². The van der Waals surface area contributed by atoms with Crippen LogP contribution in [0.2, 0.25) is 0 Å². The number of carbonyl (C=O) groups is 1. The molecule has 0 aliphatic carbocycles. The van der Waals surface area contributed by atoms with E-state index in [0.717, 1.165) is 11.3 Å². The molecule has 4 aromatic rings. The molecule has 4 N–H and O–H groups in total. The van der Waals surface area contributed by atoms with Crippen LogP contribution >= 0.6 is 0 Å². The number of rotatable bonds is 7. The zero-order valence-corrected chi connectivity index (χ0v) is 18.2. The molecule has 0 aliphatic rings. The number of anilines is 4. The molecule has 0 radical (unpaired) electrons. The molecule has 0 fully saturated rings. The maximum absolute atomic E-state index is 12.4. The van der Waals surface area contributed by atoms with Crippen LogP contribution in [0.25, 0.3) is 11.3 Å². The maximum atomic E-state index is 12.4. The van der Waals surface area contributed by atoms with Gasteiger partial charge in [0.05, 0.1) is 19.9 Å². The molecule has 0 unspecified atom stereocenters. The number of nitrogens with two attached hydrogens (primary N) is 1. The lowest BCUT2D eigenvalue weighted by atomic mass is 10.1. The van der Waals surface area contributed by atoms with E-state index in [-0.39, 0.29) is 5.91 Å². The predicted molar refractivity (Wildman–Crippen MR) is 129 cm³/mol. The van der Waals surface area contributed by atoms with Crippen molar-refractivity contribution in [2.45, 2.75) is 0 Å². The summed E-state index contributed by atoms with van der Waals surface area (Å²) >= 11 is 0. The fourth-order valence-electron chi connectivity index (χ4n) is 3.28. The largest absolute Gasteiger partial charge is 0.493 e. The Labute approximate surface area is 191 Å². The van der Waals surface area contributed by atoms with Gasteiger partial charge >= 0.3 is 0 Å². The summed E-state index contributed by atoms with van der Waals surface area (Å²) in [6.45, 7) is 0. The Morgan fingerprint density at radius 3 is 2.30 bits per heavy atom. The van der Waals surface area contributed by atoms with Crippen molar-refractivity contribution in [3.05, 3.63) is 84.7 Å². The van der Waals surface area contributed by atoms with Gasteiger partial charge in [0.15, 0.2) is 11.5 Å². The smallest absolute Gasteiger partial charge is 0.255 e. The Kier molecular flexibility index (Phi) is 6.36. The number of amides is 1. The van der Waals surface area contributed by atoms with Crippen LogP contribution in [0.1, 0.15) is 10.4 Å². The fraction of sp³-hybridized carbons (Fsp3) is 0.0800. The van der Waals surface area contributed by atoms with Gasteiger partial charge < -0.3 is 25.8 Å². The van der Waals surface area contributed by atoms with Gasteiger partial charge in [-0.3, -0.25) is 4.79 Å². The highest BCUT2D eigenvalue weighted by atomic mass is 16.5. The van der Waals surface area contributed by atoms with Crippen LogP contribution in [-0.4, -0.2) is 30.1 Å². The number of nitrogens with zero attached hydrogens (tertiary/aromatic N) is 2. The van der Waals surface area contributed by atoms with E-state index in [1.165, 1.54) is 6.33 Å². The van der Waals surface area contributed by atoms with Crippen molar-refractivity contribution >= 4 is 28.8 Å². The summed E-state index contributed by atoms with van der Waals surface area (Å²) in [5.74, 6) is 1.64. The highest BCUT2D eigenvalue weighted by Gasteiger charge is 2.13. The molecule has 0 aliphatic heterocycles. The molecule has 1 aromatic heterocycles. The molecule has 1 amide bonds. The average Bonchev–Trinajstić information content (AvgIpc) is 2.85. The second-order valence-electron chi connectivity index (χ2n) is 7.11. The summed E-state index contributed by atoms with van der Waals surface area (Å²) < 4.78 is 10.9. The van der Waals surface area contributed by atoms with E-state index in [1.807, 2.05) is 48.5 Å². The van der Waals surface area contributed by atoms with Crippen LogP contribution in [0.5, 0.6) is 11.5 Å². The number of ether oxygens (including phenoxy) is 2. The van der Waals surface area contributed by atoms with Crippen LogP contribution in [0.4, 0.5) is 22.9 Å². The van der Waals surface area contributed by atoms with Gasteiger partial charge in [0.25, 0.3) is 5.91 Å². The Hall–Kier alpha value is -4.59. The molecule has 8 nitrogen and oxygen atoms in total. The van der Waals surface area contributed by atoms with Crippen molar-refractivity contribution in [3.63, 3.8) is 0 Å². The molecule has 0 saturated carbocycles. The van der Waals surface area contributed by atoms with E-state index in [0.29, 0.717) is 39.9 Å². The molecule has 0 saturated heterocycles. The minimum atomic E-state index is -0.205. The molecule has 0 atom stereocenters. The molecule has 3 aromatic carbocycles. The number of aromatic nitrogens is 2. The molecule has 166 valence electrons. The number of benzene rings is 3. The van der Waals surface area contributed by atoms with Crippen LogP contribution in [0.3, 0.4) is 0 Å². The average molecular weight is 441 g/mol. The summed E-state index contributed by atoms with van der Waals surface area (Å²) in [7, 11) is 3.19. The van der Waals surface area contributed by atoms with E-state index in [1.54, 1.807) is 38.5 Å². The molecular weight excluding hydrogens is 418 g/mol. The number of methoxy groups -OCH3 is 2. The van der Waals surface area contributed by atoms with E-state index in [2.05, 4.69) is 20.6 Å². The van der Waals surface area contributed by atoms with E-state index >= 15 is 0 Å². The number of nitrogen functional groups attached to an aromatic ring is 1. The van der Waals surface area contributed by atoms with Gasteiger partial charge in [-0.2, -0.15) is 0 Å². The summed E-state index contributed by atoms with van der Waals surface area (Å²) in [6, 6.07) is 21.5. The summed E-state index contributed by atoms with van der Waals surface area (Å²) in [5.41, 5.74) is 9.78. The van der Waals surface area contributed by atoms with Crippen molar-refractivity contribution in [2.75, 3.05) is 30.6 Å². The lowest BCUT2D eigenvalue weighted by molar-refractivity contribution is 0.102. The van der Waals surface area contributed by atoms with Crippen molar-refractivity contribution in [3.8, 4) is 22.8 Å². The number of carbonyl (C=O) groups excluding carboxylic acids is 1. The number of para-hydroxylation sites is 1. The first-order valence-corrected chi connectivity index (χ1v) is 10.1. The lowest BCUT2D eigenvalue weighted by Gasteiger charge is -2.13. The second-order valence-corrected chi connectivity index (χ2v) is 7.11. The molecule has 0 spiro atoms. The summed E-state index contributed by atoms with van der Waals surface area (Å²) in [5, 5.41) is 6.11. The third-order valence-corrected chi connectivity index (χ3v) is 4.93. The molecular formula is C25H23N5O3. The lowest BCUT2D eigenvalue weighted by Crippen LogP contribution is -2.11. The summed E-state index contributed by atoms with van der Waals surface area (Å²) in [4.78, 5) is 21.0. The number of hydrogen-bond acceptors (Lipinski definition) is 7. The van der Waals surface area contributed by atoms with Crippen LogP contribution in [0.15, 0.2) is 79.1 Å². The Balaban J connectivity index is 1.48. The van der Waals surface area contributed by atoms with Crippen LogP contribution in [-0.2, 0) is 0 Å². The first kappa shape index (κ1) is 21.6. The van der Waals surface area contributed by atoms with Gasteiger partial charge in [0, 0.05) is 34.3 Å². The molecule has 1 heterocycles. The topological polar surface area (TPSA) is 111 Å². The Morgan fingerprint density at radius 2 is 1.61 bits per heavy atom. The molecule has 8 heteroatoms. The standard InChI is InChI=1S/C25H23N5O3/c1-32-22-5-3-4-20(24(22)33-2)21-14-23(28-15-27-21)29-18-10-12-19(13-11-18)30-25(31)16-6-8-17(26)9-7-16/h3-15H,26H2,1-2H3,(H,30,31)(H,27,28,29). The molecule has 33 heavy (non-hydrogen) atoms. The second kappa shape index (κ2) is 9.69. The first-order valence-electron chi connectivity index (χ1n) is 10.1. The monoisotopic (exact) mass is 441 g/mol. The SMILES string of the molecule is COc1cccc(-c2cc(Nc3ccc(NC(=O)c4ccc(N)cc4)cc3)ncn2)c1OC. The quantitative estimate of drug-likeness (QED) is 0.355. The zero-order valence-electron chi connectivity index (χ0n) is 18.2. The normalized spacial score (nSPS) is 10.4. The van der Waals surface area contributed by atoms with Gasteiger partial charge in [-0.15, -0.1) is 0 Å². The maximum Gasteiger partial charge on any atom is 0.255 e. The Morgan fingerprint density at radius 1 is 0.879 bits per heavy atom. The van der Waals surface area contributed by atoms with Gasteiger partial charge in [-0.05, 0) is 60.7 Å². The van der Waals surface area contributed by atoms with E-state index in [9.17, 15) is 4.79 Å². The Bertz CT molecular complexity index is 1260. The fourth-order valence-corrected chi connectivity index (χ4v) is 3.28. The number of nitrogens with one attached hydrogen (secondary N) is 2. The van der Waals surface area contributed by atoms with Crippen molar-refractivity contribution in [1.82, 2.24) is 9.97 Å². The van der Waals surface area contributed by atoms with Crippen LogP contribution in [0, 0.1) is 0 Å².